The van der Waals surface area contributed by atoms with E-state index in [1.54, 1.807) is 18.4 Å². The molecule has 3 heterocycles. The lowest BCUT2D eigenvalue weighted by Gasteiger charge is -2.16. The Bertz CT molecular complexity index is 883. The Morgan fingerprint density at radius 1 is 1.36 bits per heavy atom. The number of hydrogen-bond acceptors (Lipinski definition) is 6. The highest BCUT2D eigenvalue weighted by Crippen LogP contribution is 2.24. The van der Waals surface area contributed by atoms with Gasteiger partial charge in [-0.25, -0.2) is 15.0 Å². The van der Waals surface area contributed by atoms with Crippen molar-refractivity contribution in [3.8, 4) is 0 Å². The third kappa shape index (κ3) is 4.05. The van der Waals surface area contributed by atoms with E-state index in [-0.39, 0.29) is 6.04 Å². The molecule has 3 aromatic rings. The van der Waals surface area contributed by atoms with E-state index in [1.807, 2.05) is 38.3 Å². The molecule has 0 saturated heterocycles. The predicted molar refractivity (Wildman–Crippen MR) is 103 cm³/mol. The first kappa shape index (κ1) is 17.6. The molecule has 132 valence electrons. The molecule has 25 heavy (non-hydrogen) atoms. The fraction of sp³-hybridized carbons (Fsp3) is 0.389. The molecule has 0 aromatic carbocycles. The summed E-state index contributed by atoms with van der Waals surface area (Å²) in [5.74, 6) is 1.52. The van der Waals surface area contributed by atoms with Crippen LogP contribution in [0.3, 0.4) is 0 Å². The van der Waals surface area contributed by atoms with Crippen LogP contribution in [0.25, 0.3) is 17.1 Å². The van der Waals surface area contributed by atoms with Crippen LogP contribution >= 0.6 is 11.3 Å². The second-order valence-corrected chi connectivity index (χ2v) is 7.03. The summed E-state index contributed by atoms with van der Waals surface area (Å²) < 4.78 is 7.38. The highest BCUT2D eigenvalue weighted by Gasteiger charge is 2.14. The van der Waals surface area contributed by atoms with Crippen LogP contribution in [-0.4, -0.2) is 39.3 Å². The van der Waals surface area contributed by atoms with Crippen LogP contribution in [0.1, 0.15) is 30.4 Å². The number of anilines is 1. The molecule has 1 N–H and O–H groups in total. The fourth-order valence-corrected chi connectivity index (χ4v) is 3.36. The quantitative estimate of drug-likeness (QED) is 0.698. The summed E-state index contributed by atoms with van der Waals surface area (Å²) in [6, 6.07) is 2.17. The van der Waals surface area contributed by atoms with Crippen molar-refractivity contribution >= 4 is 34.3 Å². The van der Waals surface area contributed by atoms with Gasteiger partial charge < -0.3 is 14.6 Å². The van der Waals surface area contributed by atoms with Crippen LogP contribution in [0.2, 0.25) is 0 Å². The maximum atomic E-state index is 5.24. The van der Waals surface area contributed by atoms with Crippen LogP contribution < -0.4 is 5.32 Å². The van der Waals surface area contributed by atoms with Crippen molar-refractivity contribution < 1.29 is 4.74 Å². The fourth-order valence-electron chi connectivity index (χ4n) is 2.76. The number of aryl methyl sites for hydroxylation is 1. The first-order valence-electron chi connectivity index (χ1n) is 8.26. The molecule has 0 spiro atoms. The van der Waals surface area contributed by atoms with Crippen LogP contribution in [-0.2, 0) is 11.3 Å². The maximum absolute atomic E-state index is 5.24. The van der Waals surface area contributed by atoms with Gasteiger partial charge in [0.1, 0.15) is 5.52 Å². The summed E-state index contributed by atoms with van der Waals surface area (Å²) in [6.45, 7) is 7.37. The average molecular weight is 357 g/mol. The third-order valence-corrected chi connectivity index (χ3v) is 4.56. The number of fused-ring (bicyclic) bond motifs is 1. The predicted octanol–water partition coefficient (Wildman–Crippen LogP) is 3.72. The molecule has 0 radical (unpaired) electrons. The lowest BCUT2D eigenvalue weighted by molar-refractivity contribution is 0.190. The number of hydrogen-bond donors (Lipinski definition) is 1. The smallest absolute Gasteiger partial charge is 0.155 e. The lowest BCUT2D eigenvalue weighted by Crippen LogP contribution is -2.22. The number of rotatable bonds is 7. The van der Waals surface area contributed by atoms with E-state index in [2.05, 4.69) is 37.1 Å². The van der Waals surface area contributed by atoms with E-state index in [0.29, 0.717) is 19.0 Å². The zero-order chi connectivity index (χ0) is 17.8. The highest BCUT2D eigenvalue weighted by atomic mass is 32.1. The van der Waals surface area contributed by atoms with E-state index in [1.165, 1.54) is 0 Å². The topological polar surface area (TPSA) is 64.9 Å². The summed E-state index contributed by atoms with van der Waals surface area (Å²) in [5.41, 5.74) is 2.96. The molecule has 0 aliphatic heterocycles. The Kier molecular flexibility index (Phi) is 5.45. The van der Waals surface area contributed by atoms with Crippen LogP contribution in [0.4, 0.5) is 5.82 Å². The molecule has 1 unspecified atom stereocenters. The van der Waals surface area contributed by atoms with Crippen molar-refractivity contribution in [2.45, 2.75) is 33.4 Å². The minimum absolute atomic E-state index is 0.145. The number of aromatic nitrogens is 4. The van der Waals surface area contributed by atoms with Gasteiger partial charge >= 0.3 is 0 Å². The molecule has 1 atom stereocenters. The SMILES string of the molecule is CC=Cc1nc(NC(C)COC)c2c(ccn2Cc2csc(C)n2)n1. The standard InChI is InChI=1S/C18H23N5OS/c1-5-6-16-21-15-7-8-23(9-14-11-25-13(3)20-14)17(15)18(22-16)19-12(2)10-24-4/h5-8,11-12H,9-10H2,1-4H3,(H,19,21,22). The molecule has 0 aliphatic rings. The molecule has 0 saturated carbocycles. The second kappa shape index (κ2) is 7.76. The zero-order valence-corrected chi connectivity index (χ0v) is 15.8. The molecule has 6 nitrogen and oxygen atoms in total. The van der Waals surface area contributed by atoms with Gasteiger partial charge in [0.05, 0.1) is 29.4 Å². The van der Waals surface area contributed by atoms with Gasteiger partial charge in [-0.3, -0.25) is 0 Å². The molecule has 7 heteroatoms. The second-order valence-electron chi connectivity index (χ2n) is 5.97. The van der Waals surface area contributed by atoms with Crippen LogP contribution in [0, 0.1) is 6.92 Å². The van der Waals surface area contributed by atoms with E-state index >= 15 is 0 Å². The summed E-state index contributed by atoms with van der Waals surface area (Å²) in [5, 5.41) is 6.62. The van der Waals surface area contributed by atoms with Gasteiger partial charge in [0.15, 0.2) is 11.6 Å². The molecule has 0 fully saturated rings. The van der Waals surface area contributed by atoms with Gasteiger partial charge in [0.2, 0.25) is 0 Å². The molecular weight excluding hydrogens is 334 g/mol. The Morgan fingerprint density at radius 3 is 2.88 bits per heavy atom. The largest absolute Gasteiger partial charge is 0.383 e. The van der Waals surface area contributed by atoms with Crippen molar-refractivity contribution in [3.05, 3.63) is 40.2 Å². The molecule has 3 rings (SSSR count). The summed E-state index contributed by atoms with van der Waals surface area (Å²) in [6.07, 6.45) is 5.89. The number of ether oxygens (including phenoxy) is 1. The van der Waals surface area contributed by atoms with Gasteiger partial charge in [0.25, 0.3) is 0 Å². The molecular formula is C18H23N5OS. The van der Waals surface area contributed by atoms with E-state index in [4.69, 9.17) is 4.74 Å². The van der Waals surface area contributed by atoms with Crippen LogP contribution in [0.15, 0.2) is 23.7 Å². The molecule has 0 bridgehead atoms. The lowest BCUT2D eigenvalue weighted by atomic mass is 10.3. The van der Waals surface area contributed by atoms with Gasteiger partial charge in [0, 0.05) is 24.7 Å². The number of allylic oxidation sites excluding steroid dienone is 1. The summed E-state index contributed by atoms with van der Waals surface area (Å²) in [7, 11) is 1.70. The minimum atomic E-state index is 0.145. The van der Waals surface area contributed by atoms with Crippen molar-refractivity contribution in [1.82, 2.24) is 19.5 Å². The van der Waals surface area contributed by atoms with Crippen molar-refractivity contribution in [2.75, 3.05) is 19.0 Å². The average Bonchev–Trinajstić information content (AvgIpc) is 3.15. The van der Waals surface area contributed by atoms with Gasteiger partial charge in [-0.1, -0.05) is 6.08 Å². The van der Waals surface area contributed by atoms with E-state index < -0.39 is 0 Å². The number of thiazole rings is 1. The van der Waals surface area contributed by atoms with E-state index in [9.17, 15) is 0 Å². The van der Waals surface area contributed by atoms with Gasteiger partial charge in [-0.05, 0) is 32.9 Å². The Labute approximate surface area is 151 Å². The number of methoxy groups -OCH3 is 1. The minimum Gasteiger partial charge on any atom is -0.383 e. The monoisotopic (exact) mass is 357 g/mol. The number of nitrogens with one attached hydrogen (secondary N) is 1. The van der Waals surface area contributed by atoms with Crippen molar-refractivity contribution in [1.29, 1.82) is 0 Å². The maximum Gasteiger partial charge on any atom is 0.155 e. The molecule has 0 aliphatic carbocycles. The number of nitrogens with zero attached hydrogens (tertiary/aromatic N) is 4. The summed E-state index contributed by atoms with van der Waals surface area (Å²) in [4.78, 5) is 13.9. The highest BCUT2D eigenvalue weighted by molar-refractivity contribution is 7.09. The van der Waals surface area contributed by atoms with Crippen molar-refractivity contribution in [3.63, 3.8) is 0 Å². The normalized spacial score (nSPS) is 13.0. The van der Waals surface area contributed by atoms with E-state index in [0.717, 1.165) is 27.6 Å². The van der Waals surface area contributed by atoms with Gasteiger partial charge in [-0.15, -0.1) is 11.3 Å². The first-order chi connectivity index (χ1) is 12.1. The summed E-state index contributed by atoms with van der Waals surface area (Å²) >= 11 is 1.67. The Morgan fingerprint density at radius 2 is 2.20 bits per heavy atom. The van der Waals surface area contributed by atoms with Crippen molar-refractivity contribution in [2.24, 2.45) is 0 Å². The third-order valence-electron chi connectivity index (χ3n) is 3.74. The van der Waals surface area contributed by atoms with Gasteiger partial charge in [-0.2, -0.15) is 0 Å². The van der Waals surface area contributed by atoms with Crippen LogP contribution in [0.5, 0.6) is 0 Å². The zero-order valence-electron chi connectivity index (χ0n) is 15.0. The first-order valence-corrected chi connectivity index (χ1v) is 9.14. The Hall–Kier alpha value is -2.25. The molecule has 0 amide bonds. The Balaban J connectivity index is 2.03. The molecule has 3 aromatic heterocycles.